The van der Waals surface area contributed by atoms with Crippen molar-refractivity contribution in [2.75, 3.05) is 26.4 Å². The van der Waals surface area contributed by atoms with Gasteiger partial charge in [0, 0.05) is 19.3 Å². The monoisotopic (exact) mass is 1040 g/mol. The number of hydrogen-bond acceptors (Lipinski definition) is 10. The van der Waals surface area contributed by atoms with E-state index in [1.54, 1.807) is 0 Å². The molecule has 0 fully saturated rings. The van der Waals surface area contributed by atoms with Gasteiger partial charge in [0.15, 0.2) is 6.10 Å². The Morgan fingerprint density at radius 3 is 1.06 bits per heavy atom. The summed E-state index contributed by atoms with van der Waals surface area (Å²) < 4.78 is 39.5. The lowest BCUT2D eigenvalue weighted by Crippen LogP contribution is -2.30. The molecule has 0 aromatic carbocycles. The molecule has 0 aliphatic rings. The van der Waals surface area contributed by atoms with Gasteiger partial charge in [-0.1, -0.05) is 223 Å². The number of allylic oxidation sites excluding steroid dienone is 8. The highest BCUT2D eigenvalue weighted by molar-refractivity contribution is 7.47. The molecule has 12 heteroatoms. The number of phosphoric ester groups is 1. The van der Waals surface area contributed by atoms with Crippen molar-refractivity contribution in [3.05, 3.63) is 48.6 Å². The molecule has 0 bridgehead atoms. The predicted octanol–water partition coefficient (Wildman–Crippen LogP) is 17.4. The van der Waals surface area contributed by atoms with Gasteiger partial charge in [-0.15, -0.1) is 0 Å². The molecule has 11 nitrogen and oxygen atoms in total. The number of ether oxygens (including phenoxy) is 3. The summed E-state index contributed by atoms with van der Waals surface area (Å²) in [4.78, 5) is 48.5. The average molecular weight is 1040 g/mol. The van der Waals surface area contributed by atoms with Crippen LogP contribution in [0.1, 0.15) is 278 Å². The number of carbonyl (C=O) groups excluding carboxylic acids is 3. The van der Waals surface area contributed by atoms with Crippen LogP contribution in [0.15, 0.2) is 48.6 Å². The zero-order valence-corrected chi connectivity index (χ0v) is 47.3. The molecule has 0 radical (unpaired) electrons. The van der Waals surface area contributed by atoms with Crippen molar-refractivity contribution in [2.45, 2.75) is 290 Å². The molecule has 0 aromatic heterocycles. The van der Waals surface area contributed by atoms with Gasteiger partial charge in [0.05, 0.1) is 19.8 Å². The fourth-order valence-electron chi connectivity index (χ4n) is 8.18. The van der Waals surface area contributed by atoms with Crippen LogP contribution in [0, 0.1) is 0 Å². The second-order valence-electron chi connectivity index (χ2n) is 19.8. The Morgan fingerprint density at radius 1 is 0.389 bits per heavy atom. The van der Waals surface area contributed by atoms with E-state index in [4.69, 9.17) is 23.3 Å². The van der Waals surface area contributed by atoms with Gasteiger partial charge in [0.1, 0.15) is 12.7 Å². The highest BCUT2D eigenvalue weighted by Gasteiger charge is 2.28. The molecule has 3 atom stereocenters. The van der Waals surface area contributed by atoms with E-state index >= 15 is 0 Å². The number of aliphatic hydroxyl groups is 1. The van der Waals surface area contributed by atoms with E-state index in [-0.39, 0.29) is 25.9 Å². The maximum atomic E-state index is 12.9. The first-order valence-corrected chi connectivity index (χ1v) is 31.0. The number of carbonyl (C=O) groups is 3. The third-order valence-corrected chi connectivity index (χ3v) is 13.7. The lowest BCUT2D eigenvalue weighted by atomic mass is 10.0. The molecule has 3 unspecified atom stereocenters. The topological polar surface area (TPSA) is 155 Å². The highest BCUT2D eigenvalue weighted by atomic mass is 31.2. The Bertz CT molecular complexity index is 1400. The van der Waals surface area contributed by atoms with Crippen molar-refractivity contribution in [2.24, 2.45) is 0 Å². The van der Waals surface area contributed by atoms with Crippen LogP contribution in [0.2, 0.25) is 0 Å². The van der Waals surface area contributed by atoms with Crippen LogP contribution in [-0.2, 0) is 42.2 Å². The number of rotatable bonds is 55. The van der Waals surface area contributed by atoms with Gasteiger partial charge in [0.2, 0.25) is 0 Å². The fraction of sp³-hybridized carbons (Fsp3) is 0.817. The van der Waals surface area contributed by atoms with Crippen LogP contribution in [0.4, 0.5) is 0 Å². The van der Waals surface area contributed by atoms with Crippen molar-refractivity contribution in [1.82, 2.24) is 0 Å². The average Bonchev–Trinajstić information content (AvgIpc) is 3.37. The van der Waals surface area contributed by atoms with Crippen LogP contribution in [0.3, 0.4) is 0 Å². The van der Waals surface area contributed by atoms with Crippen molar-refractivity contribution in [3.63, 3.8) is 0 Å². The minimum atomic E-state index is -4.75. The molecule has 0 amide bonds. The summed E-state index contributed by atoms with van der Waals surface area (Å²) in [6.45, 7) is 4.60. The summed E-state index contributed by atoms with van der Waals surface area (Å²) >= 11 is 0. The maximum Gasteiger partial charge on any atom is 0.472 e. The van der Waals surface area contributed by atoms with E-state index in [0.29, 0.717) is 19.3 Å². The number of esters is 3. The minimum Gasteiger partial charge on any atom is -0.462 e. The van der Waals surface area contributed by atoms with Crippen LogP contribution in [0.5, 0.6) is 0 Å². The first-order valence-electron chi connectivity index (χ1n) is 29.5. The fourth-order valence-corrected chi connectivity index (χ4v) is 8.97. The van der Waals surface area contributed by atoms with Crippen LogP contribution in [0.25, 0.3) is 0 Å². The lowest BCUT2D eigenvalue weighted by molar-refractivity contribution is -0.161. The second-order valence-corrected chi connectivity index (χ2v) is 21.3. The third kappa shape index (κ3) is 52.3. The van der Waals surface area contributed by atoms with E-state index in [1.807, 2.05) is 0 Å². The largest absolute Gasteiger partial charge is 0.472 e. The van der Waals surface area contributed by atoms with Gasteiger partial charge in [-0.3, -0.25) is 23.4 Å². The molecule has 0 rings (SSSR count). The molecular formula is C60H109O11P. The predicted molar refractivity (Wildman–Crippen MR) is 298 cm³/mol. The summed E-state index contributed by atoms with van der Waals surface area (Å²) in [5, 5.41) is 9.81. The normalized spacial score (nSPS) is 13.7. The summed E-state index contributed by atoms with van der Waals surface area (Å²) in [5.74, 6) is -1.48. The van der Waals surface area contributed by atoms with Gasteiger partial charge < -0.3 is 24.2 Å². The van der Waals surface area contributed by atoms with Gasteiger partial charge in [-0.2, -0.15) is 0 Å². The van der Waals surface area contributed by atoms with Crippen LogP contribution >= 0.6 is 7.82 Å². The Kier molecular flexibility index (Phi) is 52.7. The first kappa shape index (κ1) is 69.4. The summed E-state index contributed by atoms with van der Waals surface area (Å²) in [6, 6.07) is 0. The molecule has 0 aromatic rings. The zero-order valence-electron chi connectivity index (χ0n) is 46.4. The standard InChI is InChI=1S/C60H109O11P/c1-4-7-10-13-16-19-22-25-27-28-30-32-34-37-40-43-46-49-58(62)67-53-57(71-60(64)51-48-45-42-39-36-33-29-26-23-20-17-14-11-8-5-2)55-69-72(65,66)68-54-56(52-61)70-59(63)50-47-44-41-38-35-31-24-21-18-15-12-9-6-3/h16-17,19-20,25-27,29,56-57,61H,4-15,18,21-24,28,30-55H2,1-3H3,(H,65,66)/b19-16-,20-17-,27-25-,29-26-. The van der Waals surface area contributed by atoms with Crippen molar-refractivity contribution < 1.29 is 52.2 Å². The van der Waals surface area contributed by atoms with Crippen molar-refractivity contribution in [3.8, 4) is 0 Å². The second kappa shape index (κ2) is 54.7. The Hall–Kier alpha value is -2.56. The Labute approximate surface area is 441 Å². The van der Waals surface area contributed by atoms with E-state index in [1.165, 1.54) is 122 Å². The molecule has 0 saturated carbocycles. The molecular weight excluding hydrogens is 928 g/mol. The molecule has 0 aliphatic carbocycles. The van der Waals surface area contributed by atoms with Gasteiger partial charge in [-0.05, 0) is 83.5 Å². The van der Waals surface area contributed by atoms with E-state index in [2.05, 4.69) is 69.4 Å². The van der Waals surface area contributed by atoms with Crippen LogP contribution < -0.4 is 0 Å². The number of hydrogen-bond donors (Lipinski definition) is 2. The lowest BCUT2D eigenvalue weighted by Gasteiger charge is -2.21. The third-order valence-electron chi connectivity index (χ3n) is 12.7. The van der Waals surface area contributed by atoms with Crippen molar-refractivity contribution in [1.29, 1.82) is 0 Å². The SMILES string of the molecule is CCCCC/C=C\C/C=C\CCCCCCCCCC(=O)OCC(COP(=O)(O)OCC(CO)OC(=O)CCCCCCCCCCCCCCC)OC(=O)CCCCCCC/C=C\C/C=C\CCCCC. The van der Waals surface area contributed by atoms with E-state index < -0.39 is 57.8 Å². The molecule has 0 aliphatic heterocycles. The number of phosphoric acid groups is 1. The summed E-state index contributed by atoms with van der Waals surface area (Å²) in [6.07, 6.45) is 57.7. The van der Waals surface area contributed by atoms with Crippen molar-refractivity contribution >= 4 is 25.7 Å². The quantitative estimate of drug-likeness (QED) is 0.0197. The van der Waals surface area contributed by atoms with Gasteiger partial charge >= 0.3 is 25.7 Å². The molecule has 0 saturated heterocycles. The Balaban J connectivity index is 4.73. The van der Waals surface area contributed by atoms with Crippen LogP contribution in [-0.4, -0.2) is 66.5 Å². The molecule has 420 valence electrons. The minimum absolute atomic E-state index is 0.151. The summed E-state index contributed by atoms with van der Waals surface area (Å²) in [5.41, 5.74) is 0. The first-order chi connectivity index (χ1) is 35.2. The summed E-state index contributed by atoms with van der Waals surface area (Å²) in [7, 11) is -4.75. The molecule has 72 heavy (non-hydrogen) atoms. The smallest absolute Gasteiger partial charge is 0.462 e. The van der Waals surface area contributed by atoms with Gasteiger partial charge in [0.25, 0.3) is 0 Å². The Morgan fingerprint density at radius 2 is 0.681 bits per heavy atom. The number of aliphatic hydroxyl groups excluding tert-OH is 1. The molecule has 0 heterocycles. The molecule has 2 N–H and O–H groups in total. The zero-order chi connectivity index (χ0) is 52.7. The van der Waals surface area contributed by atoms with E-state index in [0.717, 1.165) is 96.3 Å². The van der Waals surface area contributed by atoms with E-state index in [9.17, 15) is 28.9 Å². The van der Waals surface area contributed by atoms with Gasteiger partial charge in [-0.25, -0.2) is 4.57 Å². The molecule has 0 spiro atoms. The number of unbranched alkanes of at least 4 members (excludes halogenated alkanes) is 30. The maximum absolute atomic E-state index is 12.9. The highest BCUT2D eigenvalue weighted by Crippen LogP contribution is 2.43.